The van der Waals surface area contributed by atoms with E-state index in [4.69, 9.17) is 0 Å². The molecule has 3 aromatic carbocycles. The third-order valence-corrected chi connectivity index (χ3v) is 6.39. The molecule has 0 saturated carbocycles. The molecule has 0 radical (unpaired) electrons. The average Bonchev–Trinajstić information content (AvgIpc) is 2.69. The lowest BCUT2D eigenvalue weighted by Crippen LogP contribution is -2.50. The van der Waals surface area contributed by atoms with E-state index in [2.05, 4.69) is 9.62 Å². The molecule has 0 aliphatic heterocycles. The van der Waals surface area contributed by atoms with E-state index in [1.54, 1.807) is 0 Å². The van der Waals surface area contributed by atoms with Crippen LogP contribution in [0.5, 0.6) is 0 Å². The van der Waals surface area contributed by atoms with E-state index >= 15 is 0 Å². The molecule has 0 aromatic heterocycles. The first-order chi connectivity index (χ1) is 13.8. The van der Waals surface area contributed by atoms with Crippen molar-refractivity contribution in [3.63, 3.8) is 0 Å². The fourth-order valence-corrected chi connectivity index (χ4v) is 4.84. The van der Waals surface area contributed by atoms with Crippen LogP contribution in [-0.4, -0.2) is 26.9 Å². The third kappa shape index (κ3) is 5.50. The summed E-state index contributed by atoms with van der Waals surface area (Å²) < 4.78 is 42.1. The minimum absolute atomic E-state index is 0.0340. The van der Waals surface area contributed by atoms with Crippen molar-refractivity contribution in [3.05, 3.63) is 102 Å². The zero-order valence-corrected chi connectivity index (χ0v) is 17.4. The Kier molecular flexibility index (Phi) is 6.47. The van der Waals surface area contributed by atoms with E-state index in [1.165, 1.54) is 12.1 Å². The van der Waals surface area contributed by atoms with E-state index in [1.807, 2.05) is 74.6 Å². The van der Waals surface area contributed by atoms with E-state index in [9.17, 15) is 12.8 Å². The van der Waals surface area contributed by atoms with Crippen molar-refractivity contribution in [1.29, 1.82) is 0 Å². The van der Waals surface area contributed by atoms with Crippen molar-refractivity contribution >= 4 is 10.0 Å². The Morgan fingerprint density at radius 2 is 1.45 bits per heavy atom. The van der Waals surface area contributed by atoms with Gasteiger partial charge in [0.2, 0.25) is 10.0 Å². The monoisotopic (exact) mass is 412 g/mol. The van der Waals surface area contributed by atoms with E-state index in [-0.39, 0.29) is 4.90 Å². The number of nitrogens with one attached hydrogen (secondary N) is 1. The summed E-state index contributed by atoms with van der Waals surface area (Å²) in [6, 6.07) is 24.3. The molecule has 29 heavy (non-hydrogen) atoms. The lowest BCUT2D eigenvalue weighted by atomic mass is 9.92. The van der Waals surface area contributed by atoms with Crippen LogP contribution in [0.2, 0.25) is 0 Å². The van der Waals surface area contributed by atoms with Gasteiger partial charge >= 0.3 is 0 Å². The Morgan fingerprint density at radius 1 is 0.897 bits per heavy atom. The lowest BCUT2D eigenvalue weighted by molar-refractivity contribution is 0.238. The summed E-state index contributed by atoms with van der Waals surface area (Å²) in [5.74, 6) is -0.475. The summed E-state index contributed by atoms with van der Waals surface area (Å²) >= 11 is 0. The van der Waals surface area contributed by atoms with Gasteiger partial charge in [-0.05, 0) is 49.4 Å². The van der Waals surface area contributed by atoms with Crippen LogP contribution < -0.4 is 4.72 Å². The Labute approximate surface area is 172 Å². The molecule has 4 nitrogen and oxygen atoms in total. The molecule has 6 heteroatoms. The largest absolute Gasteiger partial charge is 0.300 e. The highest BCUT2D eigenvalue weighted by atomic mass is 32.2. The maximum absolute atomic E-state index is 13.2. The highest BCUT2D eigenvalue weighted by Gasteiger charge is 2.33. The molecule has 0 fully saturated rings. The summed E-state index contributed by atoms with van der Waals surface area (Å²) in [5, 5.41) is 0. The van der Waals surface area contributed by atoms with Crippen LogP contribution in [0.1, 0.15) is 18.1 Å². The second-order valence-corrected chi connectivity index (χ2v) is 9.10. The molecule has 0 aliphatic rings. The molecule has 3 aromatic rings. The van der Waals surface area contributed by atoms with Crippen molar-refractivity contribution < 1.29 is 12.8 Å². The van der Waals surface area contributed by atoms with E-state index in [0.717, 1.165) is 23.3 Å². The number of sulfonamides is 1. The van der Waals surface area contributed by atoms with Crippen molar-refractivity contribution in [2.24, 2.45) is 0 Å². The predicted octanol–water partition coefficient (Wildman–Crippen LogP) is 4.15. The number of nitrogens with zero attached hydrogens (tertiary/aromatic N) is 1. The smallest absolute Gasteiger partial charge is 0.241 e. The van der Waals surface area contributed by atoms with Gasteiger partial charge in [-0.25, -0.2) is 12.8 Å². The fraction of sp³-hybridized carbons (Fsp3) is 0.217. The van der Waals surface area contributed by atoms with Crippen LogP contribution in [0.4, 0.5) is 4.39 Å². The SMILES string of the molecule is CN(Cc1ccccc1)C[C@@](C)(NS(=O)(=O)c1ccc(F)cc1)c1ccccc1. The molecule has 3 rings (SSSR count). The van der Waals surface area contributed by atoms with Gasteiger partial charge in [0.15, 0.2) is 0 Å². The number of rotatable bonds is 8. The van der Waals surface area contributed by atoms with Crippen LogP contribution in [0.15, 0.2) is 89.8 Å². The van der Waals surface area contributed by atoms with Gasteiger partial charge < -0.3 is 0 Å². The van der Waals surface area contributed by atoms with Crippen molar-refractivity contribution in [2.45, 2.75) is 23.9 Å². The molecule has 0 amide bonds. The third-order valence-electron chi connectivity index (χ3n) is 4.78. The second kappa shape index (κ2) is 8.86. The topological polar surface area (TPSA) is 49.4 Å². The van der Waals surface area contributed by atoms with Crippen LogP contribution in [0, 0.1) is 5.82 Å². The Bertz CT molecular complexity index is 1030. The molecule has 0 spiro atoms. The number of halogens is 1. The number of likely N-dealkylation sites (N-methyl/N-ethyl adjacent to an activating group) is 1. The van der Waals surface area contributed by atoms with Gasteiger partial charge in [0.1, 0.15) is 5.82 Å². The molecule has 152 valence electrons. The first-order valence-corrected chi connectivity index (χ1v) is 10.8. The summed E-state index contributed by atoms with van der Waals surface area (Å²) in [7, 11) is -1.89. The average molecular weight is 413 g/mol. The van der Waals surface area contributed by atoms with E-state index < -0.39 is 21.4 Å². The van der Waals surface area contributed by atoms with Crippen molar-refractivity contribution in [3.8, 4) is 0 Å². The maximum Gasteiger partial charge on any atom is 0.241 e. The second-order valence-electron chi connectivity index (χ2n) is 7.42. The van der Waals surface area contributed by atoms with Crippen LogP contribution in [-0.2, 0) is 22.1 Å². The number of hydrogen-bond acceptors (Lipinski definition) is 3. The number of benzene rings is 3. The predicted molar refractivity (Wildman–Crippen MR) is 113 cm³/mol. The van der Waals surface area contributed by atoms with Gasteiger partial charge in [-0.2, -0.15) is 4.72 Å². The summed E-state index contributed by atoms with van der Waals surface area (Å²) in [5.41, 5.74) is 1.12. The summed E-state index contributed by atoms with van der Waals surface area (Å²) in [6.45, 7) is 3.00. The Morgan fingerprint density at radius 3 is 2.03 bits per heavy atom. The van der Waals surface area contributed by atoms with Crippen LogP contribution >= 0.6 is 0 Å². The van der Waals surface area contributed by atoms with Gasteiger partial charge in [0, 0.05) is 13.1 Å². The molecule has 1 N–H and O–H groups in total. The molecule has 0 aliphatic carbocycles. The van der Waals surface area contributed by atoms with Crippen molar-refractivity contribution in [2.75, 3.05) is 13.6 Å². The zero-order valence-electron chi connectivity index (χ0n) is 16.5. The minimum atomic E-state index is -3.84. The van der Waals surface area contributed by atoms with Gasteiger partial charge in [-0.15, -0.1) is 0 Å². The Hall–Kier alpha value is -2.54. The van der Waals surface area contributed by atoms with Crippen LogP contribution in [0.3, 0.4) is 0 Å². The fourth-order valence-electron chi connectivity index (χ4n) is 3.45. The highest BCUT2D eigenvalue weighted by molar-refractivity contribution is 7.89. The lowest BCUT2D eigenvalue weighted by Gasteiger charge is -2.35. The summed E-state index contributed by atoms with van der Waals surface area (Å²) in [4.78, 5) is 2.11. The van der Waals surface area contributed by atoms with Gasteiger partial charge in [0.25, 0.3) is 0 Å². The first-order valence-electron chi connectivity index (χ1n) is 9.36. The summed E-state index contributed by atoms with van der Waals surface area (Å²) in [6.07, 6.45) is 0. The van der Waals surface area contributed by atoms with Gasteiger partial charge in [0.05, 0.1) is 10.4 Å². The maximum atomic E-state index is 13.2. The molecular weight excluding hydrogens is 387 g/mol. The molecule has 0 bridgehead atoms. The van der Waals surface area contributed by atoms with E-state index in [0.29, 0.717) is 13.1 Å². The van der Waals surface area contributed by atoms with Crippen molar-refractivity contribution in [1.82, 2.24) is 9.62 Å². The molecular formula is C23H25FN2O2S. The standard InChI is InChI=1S/C23H25FN2O2S/c1-23(20-11-7-4-8-12-20,18-26(2)17-19-9-5-3-6-10-19)25-29(27,28)22-15-13-21(24)14-16-22/h3-16,25H,17-18H2,1-2H3/t23-/m1/s1. The minimum Gasteiger partial charge on any atom is -0.300 e. The van der Waals surface area contributed by atoms with Gasteiger partial charge in [-0.3, -0.25) is 4.90 Å². The highest BCUT2D eigenvalue weighted by Crippen LogP contribution is 2.25. The van der Waals surface area contributed by atoms with Gasteiger partial charge in [-0.1, -0.05) is 60.7 Å². The van der Waals surface area contributed by atoms with Crippen LogP contribution in [0.25, 0.3) is 0 Å². The molecule has 0 unspecified atom stereocenters. The molecule has 1 atom stereocenters. The normalized spacial score (nSPS) is 13.9. The Balaban J connectivity index is 1.88. The first kappa shape index (κ1) is 21.2. The number of hydrogen-bond donors (Lipinski definition) is 1. The zero-order chi connectivity index (χ0) is 20.9. The molecule has 0 saturated heterocycles. The quantitative estimate of drug-likeness (QED) is 0.605. The molecule has 0 heterocycles.